The van der Waals surface area contributed by atoms with Gasteiger partial charge in [0.25, 0.3) is 7.63 Å². The molecule has 0 heterocycles. The quantitative estimate of drug-likeness (QED) is 0.252. The molecule has 1 aromatic rings. The highest BCUT2D eigenvalue weighted by molar-refractivity contribution is 7.29. The Morgan fingerprint density at radius 2 is 1.21 bits per heavy atom. The molecule has 1 aromatic carbocycles. The molecule has 0 aromatic heterocycles. The van der Waals surface area contributed by atoms with E-state index >= 15 is 0 Å². The van der Waals surface area contributed by atoms with Crippen LogP contribution in [0.25, 0.3) is 0 Å². The molecule has 1 atom stereocenters. The first-order valence-corrected chi connectivity index (χ1v) is 12.7. The van der Waals surface area contributed by atoms with E-state index in [0.717, 1.165) is 0 Å². The van der Waals surface area contributed by atoms with E-state index in [1.54, 1.807) is 0 Å². The molecule has 0 bridgehead atoms. The van der Waals surface area contributed by atoms with Gasteiger partial charge in [-0.05, 0) is 19.6 Å². The second-order valence-corrected chi connectivity index (χ2v) is 15.5. The standard InChI is InChI=1S/C9H9Cl3F4OSi2/c1-18(2,11)17-19(3,12)9-7(15)5(13)4(10)6(14)8(9)16/h1-3H3. The Balaban J connectivity index is 3.51. The third-order valence-corrected chi connectivity index (χ3v) is 9.19. The summed E-state index contributed by atoms with van der Waals surface area (Å²) < 4.78 is 59.5. The molecule has 108 valence electrons. The van der Waals surface area contributed by atoms with Gasteiger partial charge in [0.2, 0.25) is 0 Å². The fourth-order valence-electron chi connectivity index (χ4n) is 1.50. The predicted molar refractivity (Wildman–Crippen MR) is 72.8 cm³/mol. The summed E-state index contributed by atoms with van der Waals surface area (Å²) in [5, 5.41) is -2.22. The molecule has 0 radical (unpaired) electrons. The molecule has 0 amide bonds. The lowest BCUT2D eigenvalue weighted by Gasteiger charge is -2.28. The van der Waals surface area contributed by atoms with Gasteiger partial charge in [0.05, 0.1) is 5.19 Å². The molecular weight excluding hydrogens is 363 g/mol. The summed E-state index contributed by atoms with van der Waals surface area (Å²) in [6.07, 6.45) is 0. The number of rotatable bonds is 3. The highest BCUT2D eigenvalue weighted by atomic mass is 35.6. The Bertz CT molecular complexity index is 490. The molecule has 0 saturated heterocycles. The largest absolute Gasteiger partial charge is 0.430 e. The molecule has 1 rings (SSSR count). The summed E-state index contributed by atoms with van der Waals surface area (Å²) in [6.45, 7) is 4.21. The smallest absolute Gasteiger partial charge is 0.316 e. The van der Waals surface area contributed by atoms with Gasteiger partial charge in [0.1, 0.15) is 5.02 Å². The normalized spacial score (nSPS) is 15.5. The molecule has 0 aliphatic carbocycles. The number of halogens is 7. The average Bonchev–Trinajstić information content (AvgIpc) is 2.20. The maximum atomic E-state index is 13.8. The van der Waals surface area contributed by atoms with Crippen molar-refractivity contribution in [2.45, 2.75) is 19.6 Å². The maximum Gasteiger partial charge on any atom is 0.316 e. The van der Waals surface area contributed by atoms with Crippen LogP contribution in [0.5, 0.6) is 0 Å². The van der Waals surface area contributed by atoms with E-state index in [9.17, 15) is 17.6 Å². The van der Waals surface area contributed by atoms with Crippen molar-refractivity contribution in [3.8, 4) is 0 Å². The lowest BCUT2D eigenvalue weighted by Crippen LogP contribution is -2.52. The zero-order valence-electron chi connectivity index (χ0n) is 10.1. The highest BCUT2D eigenvalue weighted by Crippen LogP contribution is 2.28. The third-order valence-electron chi connectivity index (χ3n) is 2.09. The van der Waals surface area contributed by atoms with E-state index < -0.39 is 48.7 Å². The zero-order valence-corrected chi connectivity index (χ0v) is 14.3. The van der Waals surface area contributed by atoms with Crippen LogP contribution in [0.1, 0.15) is 0 Å². The lowest BCUT2D eigenvalue weighted by atomic mass is 10.3. The first kappa shape index (κ1) is 17.3. The SMILES string of the molecule is C[Si](C)(Cl)O[Si](C)(Cl)c1c(F)c(F)c(Cl)c(F)c1F. The average molecular weight is 372 g/mol. The summed E-state index contributed by atoms with van der Waals surface area (Å²) in [5.41, 5.74) is 0. The van der Waals surface area contributed by atoms with E-state index in [1.165, 1.54) is 19.6 Å². The van der Waals surface area contributed by atoms with E-state index in [2.05, 4.69) is 0 Å². The molecule has 19 heavy (non-hydrogen) atoms. The van der Waals surface area contributed by atoms with Crippen LogP contribution in [0.2, 0.25) is 24.7 Å². The van der Waals surface area contributed by atoms with Gasteiger partial charge >= 0.3 is 7.63 Å². The summed E-state index contributed by atoms with van der Waals surface area (Å²) in [6, 6.07) is 0. The predicted octanol–water partition coefficient (Wildman–Crippen LogP) is 4.37. The van der Waals surface area contributed by atoms with Gasteiger partial charge in [-0.3, -0.25) is 0 Å². The van der Waals surface area contributed by atoms with Crippen LogP contribution in [0, 0.1) is 23.3 Å². The molecule has 1 unspecified atom stereocenters. The Morgan fingerprint density at radius 3 is 1.53 bits per heavy atom. The Morgan fingerprint density at radius 1 is 0.842 bits per heavy atom. The molecule has 0 fully saturated rings. The molecule has 0 aliphatic rings. The van der Waals surface area contributed by atoms with Gasteiger partial charge in [0.15, 0.2) is 23.3 Å². The number of hydrogen-bond donors (Lipinski definition) is 0. The molecule has 0 N–H and O–H groups in total. The van der Waals surface area contributed by atoms with Crippen molar-refractivity contribution in [2.75, 3.05) is 0 Å². The fourth-order valence-corrected chi connectivity index (χ4v) is 10.7. The van der Waals surface area contributed by atoms with Crippen LogP contribution in [0.3, 0.4) is 0 Å². The van der Waals surface area contributed by atoms with Crippen molar-refractivity contribution >= 4 is 54.2 Å². The van der Waals surface area contributed by atoms with Gasteiger partial charge < -0.3 is 4.12 Å². The van der Waals surface area contributed by atoms with Crippen LogP contribution in [0.4, 0.5) is 17.6 Å². The Labute approximate surface area is 124 Å². The van der Waals surface area contributed by atoms with Crippen LogP contribution in [-0.4, -0.2) is 15.3 Å². The Kier molecular flexibility index (Phi) is 5.03. The first-order chi connectivity index (χ1) is 8.38. The molecular formula is C9H9Cl3F4OSi2. The minimum absolute atomic E-state index is 0.963. The van der Waals surface area contributed by atoms with Crippen molar-refractivity contribution in [2.24, 2.45) is 0 Å². The van der Waals surface area contributed by atoms with Gasteiger partial charge in [-0.25, -0.2) is 17.6 Å². The number of benzene rings is 1. The van der Waals surface area contributed by atoms with Crippen molar-refractivity contribution < 1.29 is 21.7 Å². The van der Waals surface area contributed by atoms with Gasteiger partial charge in [-0.15, -0.1) is 22.2 Å². The van der Waals surface area contributed by atoms with Crippen LogP contribution >= 0.6 is 33.8 Å². The minimum Gasteiger partial charge on any atom is -0.430 e. The summed E-state index contributed by atoms with van der Waals surface area (Å²) >= 11 is 17.0. The summed E-state index contributed by atoms with van der Waals surface area (Å²) in [7, 11) is -6.56. The second-order valence-electron chi connectivity index (χ2n) is 4.33. The van der Waals surface area contributed by atoms with Gasteiger partial charge in [0, 0.05) is 0 Å². The van der Waals surface area contributed by atoms with Crippen molar-refractivity contribution in [3.63, 3.8) is 0 Å². The van der Waals surface area contributed by atoms with Gasteiger partial charge in [-0.1, -0.05) is 11.6 Å². The van der Waals surface area contributed by atoms with Gasteiger partial charge in [-0.2, -0.15) is 0 Å². The monoisotopic (exact) mass is 370 g/mol. The van der Waals surface area contributed by atoms with E-state index in [0.29, 0.717) is 0 Å². The first-order valence-electron chi connectivity index (χ1n) is 4.98. The van der Waals surface area contributed by atoms with E-state index in [4.69, 9.17) is 37.9 Å². The van der Waals surface area contributed by atoms with Crippen molar-refractivity contribution in [1.29, 1.82) is 0 Å². The van der Waals surface area contributed by atoms with Crippen LogP contribution < -0.4 is 5.19 Å². The van der Waals surface area contributed by atoms with E-state index in [1.807, 2.05) is 0 Å². The summed E-state index contributed by atoms with van der Waals surface area (Å²) in [4.78, 5) is 0. The number of hydrogen-bond acceptors (Lipinski definition) is 1. The Hall–Kier alpha value is 0.204. The molecule has 0 saturated carbocycles. The highest BCUT2D eigenvalue weighted by Gasteiger charge is 2.43. The van der Waals surface area contributed by atoms with Crippen LogP contribution in [-0.2, 0) is 4.12 Å². The lowest BCUT2D eigenvalue weighted by molar-refractivity contribution is 0.459. The molecule has 10 heteroatoms. The maximum absolute atomic E-state index is 13.8. The van der Waals surface area contributed by atoms with Crippen molar-refractivity contribution in [3.05, 3.63) is 28.3 Å². The summed E-state index contributed by atoms with van der Waals surface area (Å²) in [5.74, 6) is -6.70. The van der Waals surface area contributed by atoms with E-state index in [-0.39, 0.29) is 0 Å². The fraction of sp³-hybridized carbons (Fsp3) is 0.333. The topological polar surface area (TPSA) is 9.23 Å². The second kappa shape index (κ2) is 5.53. The zero-order chi connectivity index (χ0) is 15.2. The van der Waals surface area contributed by atoms with Crippen molar-refractivity contribution in [1.82, 2.24) is 0 Å². The molecule has 0 aliphatic heterocycles. The molecule has 0 spiro atoms. The third kappa shape index (κ3) is 3.65. The molecule has 1 nitrogen and oxygen atoms in total. The van der Waals surface area contributed by atoms with Crippen LogP contribution in [0.15, 0.2) is 0 Å². The minimum atomic E-state index is -3.78.